The number of halogens is 2. The Kier molecular flexibility index (Phi) is 1.97. The molecule has 0 saturated carbocycles. The number of alkyl halides is 2. The standard InChI is InChI=1S/C5H8F2O2/c1-3-2-8-5(9-3)4(6)7/h3-5H,2H2,1H3. The summed E-state index contributed by atoms with van der Waals surface area (Å²) in [6.07, 6.45) is -4.00. The first-order valence-electron chi connectivity index (χ1n) is 2.75. The lowest BCUT2D eigenvalue weighted by atomic mass is 10.5. The van der Waals surface area contributed by atoms with Gasteiger partial charge >= 0.3 is 0 Å². The molecule has 0 bridgehead atoms. The Balaban J connectivity index is 2.30. The maximum Gasteiger partial charge on any atom is 0.288 e. The van der Waals surface area contributed by atoms with E-state index in [9.17, 15) is 8.78 Å². The molecule has 1 aliphatic rings. The van der Waals surface area contributed by atoms with Gasteiger partial charge in [0, 0.05) is 0 Å². The molecule has 0 N–H and O–H groups in total. The number of hydrogen-bond donors (Lipinski definition) is 0. The quantitative estimate of drug-likeness (QED) is 0.538. The van der Waals surface area contributed by atoms with E-state index in [1.807, 2.05) is 0 Å². The molecular formula is C5H8F2O2. The lowest BCUT2D eigenvalue weighted by Gasteiger charge is -2.06. The van der Waals surface area contributed by atoms with Crippen LogP contribution in [0, 0.1) is 0 Å². The zero-order chi connectivity index (χ0) is 6.85. The summed E-state index contributed by atoms with van der Waals surface area (Å²) in [7, 11) is 0. The van der Waals surface area contributed by atoms with Gasteiger partial charge in [-0.1, -0.05) is 0 Å². The summed E-state index contributed by atoms with van der Waals surface area (Å²) in [5.74, 6) is 0. The Morgan fingerprint density at radius 1 is 1.56 bits per heavy atom. The van der Waals surface area contributed by atoms with Gasteiger partial charge in [0.05, 0.1) is 12.7 Å². The Morgan fingerprint density at radius 3 is 2.44 bits per heavy atom. The zero-order valence-corrected chi connectivity index (χ0v) is 5.01. The van der Waals surface area contributed by atoms with E-state index in [1.165, 1.54) is 0 Å². The molecule has 0 aromatic carbocycles. The predicted octanol–water partition coefficient (Wildman–Crippen LogP) is 1.01. The number of rotatable bonds is 1. The van der Waals surface area contributed by atoms with Gasteiger partial charge in [-0.3, -0.25) is 0 Å². The summed E-state index contributed by atoms with van der Waals surface area (Å²) in [6.45, 7) is 1.97. The van der Waals surface area contributed by atoms with E-state index in [1.54, 1.807) is 6.92 Å². The zero-order valence-electron chi connectivity index (χ0n) is 5.01. The Hall–Kier alpha value is -0.220. The van der Waals surface area contributed by atoms with Crippen LogP contribution >= 0.6 is 0 Å². The fourth-order valence-corrected chi connectivity index (χ4v) is 0.670. The SMILES string of the molecule is CC1COC(C(F)F)O1. The van der Waals surface area contributed by atoms with Crippen LogP contribution in [0.1, 0.15) is 6.92 Å². The van der Waals surface area contributed by atoms with Crippen molar-refractivity contribution in [2.24, 2.45) is 0 Å². The predicted molar refractivity (Wildman–Crippen MR) is 26.3 cm³/mol. The highest BCUT2D eigenvalue weighted by Crippen LogP contribution is 2.16. The second kappa shape index (κ2) is 2.58. The first-order valence-corrected chi connectivity index (χ1v) is 2.75. The molecular weight excluding hydrogens is 130 g/mol. The van der Waals surface area contributed by atoms with Gasteiger partial charge in [-0.25, -0.2) is 8.78 Å². The van der Waals surface area contributed by atoms with Gasteiger partial charge in [0.15, 0.2) is 0 Å². The second-order valence-electron chi connectivity index (χ2n) is 1.98. The summed E-state index contributed by atoms with van der Waals surface area (Å²) in [6, 6.07) is 0. The topological polar surface area (TPSA) is 18.5 Å². The van der Waals surface area contributed by atoms with Gasteiger partial charge in [0.2, 0.25) is 6.29 Å². The minimum atomic E-state index is -2.52. The summed E-state index contributed by atoms with van der Waals surface area (Å²) in [4.78, 5) is 0. The van der Waals surface area contributed by atoms with Crippen molar-refractivity contribution in [3.8, 4) is 0 Å². The highest BCUT2D eigenvalue weighted by atomic mass is 19.3. The van der Waals surface area contributed by atoms with Crippen molar-refractivity contribution in [2.45, 2.75) is 25.7 Å². The van der Waals surface area contributed by atoms with E-state index in [0.717, 1.165) is 0 Å². The molecule has 4 heteroatoms. The van der Waals surface area contributed by atoms with Crippen LogP contribution in [0.15, 0.2) is 0 Å². The van der Waals surface area contributed by atoms with Crippen molar-refractivity contribution in [2.75, 3.05) is 6.61 Å². The summed E-state index contributed by atoms with van der Waals surface area (Å²) in [5, 5.41) is 0. The molecule has 0 spiro atoms. The monoisotopic (exact) mass is 138 g/mol. The van der Waals surface area contributed by atoms with Crippen LogP contribution in [0.4, 0.5) is 8.78 Å². The Labute approximate surface area is 51.8 Å². The highest BCUT2D eigenvalue weighted by molar-refractivity contribution is 4.60. The van der Waals surface area contributed by atoms with Crippen molar-refractivity contribution in [1.82, 2.24) is 0 Å². The number of hydrogen-bond acceptors (Lipinski definition) is 2. The average Bonchev–Trinajstić information content (AvgIpc) is 2.14. The Morgan fingerprint density at radius 2 is 2.22 bits per heavy atom. The summed E-state index contributed by atoms with van der Waals surface area (Å²) >= 11 is 0. The molecule has 0 aliphatic carbocycles. The second-order valence-corrected chi connectivity index (χ2v) is 1.98. The highest BCUT2D eigenvalue weighted by Gasteiger charge is 2.30. The van der Waals surface area contributed by atoms with Crippen LogP contribution < -0.4 is 0 Å². The minimum Gasteiger partial charge on any atom is -0.345 e. The van der Waals surface area contributed by atoms with Crippen LogP contribution in [-0.2, 0) is 9.47 Å². The third-order valence-corrected chi connectivity index (χ3v) is 1.07. The van der Waals surface area contributed by atoms with Gasteiger partial charge in [-0.2, -0.15) is 0 Å². The van der Waals surface area contributed by atoms with Gasteiger partial charge in [0.25, 0.3) is 6.43 Å². The Bertz CT molecular complexity index is 97.0. The van der Waals surface area contributed by atoms with E-state index in [-0.39, 0.29) is 12.7 Å². The third-order valence-electron chi connectivity index (χ3n) is 1.07. The molecule has 1 aliphatic heterocycles. The van der Waals surface area contributed by atoms with Crippen molar-refractivity contribution >= 4 is 0 Å². The summed E-state index contributed by atoms with van der Waals surface area (Å²) < 4.78 is 32.5. The van der Waals surface area contributed by atoms with Gasteiger partial charge in [-0.15, -0.1) is 0 Å². The van der Waals surface area contributed by atoms with E-state index in [0.29, 0.717) is 0 Å². The third kappa shape index (κ3) is 1.59. The molecule has 2 unspecified atom stereocenters. The van der Waals surface area contributed by atoms with Crippen LogP contribution in [0.25, 0.3) is 0 Å². The lowest BCUT2D eigenvalue weighted by molar-refractivity contribution is -0.143. The van der Waals surface area contributed by atoms with Crippen LogP contribution in [0.5, 0.6) is 0 Å². The molecule has 0 aromatic heterocycles. The largest absolute Gasteiger partial charge is 0.345 e. The van der Waals surface area contributed by atoms with E-state index in [2.05, 4.69) is 9.47 Å². The minimum absolute atomic E-state index is 0.191. The molecule has 1 saturated heterocycles. The van der Waals surface area contributed by atoms with Crippen LogP contribution in [0.2, 0.25) is 0 Å². The van der Waals surface area contributed by atoms with Crippen LogP contribution in [0.3, 0.4) is 0 Å². The van der Waals surface area contributed by atoms with E-state index < -0.39 is 12.7 Å². The molecule has 0 amide bonds. The molecule has 2 atom stereocenters. The first-order chi connectivity index (χ1) is 4.20. The lowest BCUT2D eigenvalue weighted by Crippen LogP contribution is -2.18. The molecule has 1 fully saturated rings. The molecule has 1 heterocycles. The van der Waals surface area contributed by atoms with Crippen molar-refractivity contribution in [3.05, 3.63) is 0 Å². The van der Waals surface area contributed by atoms with Crippen molar-refractivity contribution in [1.29, 1.82) is 0 Å². The van der Waals surface area contributed by atoms with E-state index in [4.69, 9.17) is 0 Å². The van der Waals surface area contributed by atoms with Gasteiger partial charge in [-0.05, 0) is 6.92 Å². The maximum absolute atomic E-state index is 11.7. The molecule has 54 valence electrons. The van der Waals surface area contributed by atoms with E-state index >= 15 is 0 Å². The van der Waals surface area contributed by atoms with Gasteiger partial charge < -0.3 is 9.47 Å². The first kappa shape index (κ1) is 6.89. The molecule has 9 heavy (non-hydrogen) atoms. The normalized spacial score (nSPS) is 36.0. The molecule has 0 aromatic rings. The van der Waals surface area contributed by atoms with Gasteiger partial charge in [0.1, 0.15) is 0 Å². The van der Waals surface area contributed by atoms with Crippen molar-refractivity contribution in [3.63, 3.8) is 0 Å². The van der Waals surface area contributed by atoms with Crippen molar-refractivity contribution < 1.29 is 18.3 Å². The maximum atomic E-state index is 11.7. The fourth-order valence-electron chi connectivity index (χ4n) is 0.670. The summed E-state index contributed by atoms with van der Waals surface area (Å²) in [5.41, 5.74) is 0. The smallest absolute Gasteiger partial charge is 0.288 e. The van der Waals surface area contributed by atoms with Crippen LogP contribution in [-0.4, -0.2) is 25.4 Å². The average molecular weight is 138 g/mol. The molecule has 1 rings (SSSR count). The fraction of sp³-hybridized carbons (Fsp3) is 1.00. The molecule has 0 radical (unpaired) electrons. The molecule has 2 nitrogen and oxygen atoms in total. The number of ether oxygens (including phenoxy) is 2.